The lowest BCUT2D eigenvalue weighted by molar-refractivity contribution is 0.00118. The standard InChI is InChI=1S/C17H28N4/c1-11-14(5-6-15(19-11)21-16(2,3)4)20-13-9-17(10-13)7-12(18)8-17/h5-6,12-13,20H,7-10,18H2,1-4H3,(H,19,21). The molecule has 4 heteroatoms. The predicted octanol–water partition coefficient (Wildman–Crippen LogP) is 3.28. The Labute approximate surface area is 127 Å². The van der Waals surface area contributed by atoms with E-state index in [1.54, 1.807) is 0 Å². The first-order chi connectivity index (χ1) is 9.75. The zero-order chi connectivity index (χ0) is 15.3. The molecule has 2 saturated carbocycles. The van der Waals surface area contributed by atoms with Crippen LogP contribution in [0.5, 0.6) is 0 Å². The summed E-state index contributed by atoms with van der Waals surface area (Å²) in [5.41, 5.74) is 8.76. The number of nitrogens with two attached hydrogens (primary N) is 1. The van der Waals surface area contributed by atoms with Gasteiger partial charge < -0.3 is 16.4 Å². The van der Waals surface area contributed by atoms with Crippen molar-refractivity contribution >= 4 is 11.5 Å². The lowest BCUT2D eigenvalue weighted by atomic mass is 9.52. The molecule has 0 radical (unpaired) electrons. The first kappa shape index (κ1) is 14.6. The van der Waals surface area contributed by atoms with Gasteiger partial charge >= 0.3 is 0 Å². The van der Waals surface area contributed by atoms with Gasteiger partial charge in [-0.15, -0.1) is 0 Å². The van der Waals surface area contributed by atoms with E-state index in [2.05, 4.69) is 55.4 Å². The second kappa shape index (κ2) is 4.87. The highest BCUT2D eigenvalue weighted by Gasteiger charge is 2.51. The molecule has 1 heterocycles. The molecule has 4 N–H and O–H groups in total. The summed E-state index contributed by atoms with van der Waals surface area (Å²) in [6.07, 6.45) is 4.97. The maximum Gasteiger partial charge on any atom is 0.126 e. The van der Waals surface area contributed by atoms with Gasteiger partial charge in [0.25, 0.3) is 0 Å². The van der Waals surface area contributed by atoms with E-state index in [1.165, 1.54) is 25.7 Å². The number of aryl methyl sites for hydroxylation is 1. The molecular weight excluding hydrogens is 260 g/mol. The molecule has 0 unspecified atom stereocenters. The largest absolute Gasteiger partial charge is 0.381 e. The second-order valence-corrected chi connectivity index (χ2v) is 8.12. The average molecular weight is 288 g/mol. The first-order valence-corrected chi connectivity index (χ1v) is 8.03. The van der Waals surface area contributed by atoms with E-state index in [4.69, 9.17) is 5.73 Å². The fourth-order valence-corrected chi connectivity index (χ4v) is 3.86. The van der Waals surface area contributed by atoms with Gasteiger partial charge in [0, 0.05) is 17.6 Å². The summed E-state index contributed by atoms with van der Waals surface area (Å²) in [6.45, 7) is 8.51. The minimum absolute atomic E-state index is 0.0394. The molecule has 0 aliphatic heterocycles. The van der Waals surface area contributed by atoms with Gasteiger partial charge in [-0.2, -0.15) is 0 Å². The Bertz CT molecular complexity index is 518. The highest BCUT2D eigenvalue weighted by atomic mass is 15.1. The topological polar surface area (TPSA) is 63.0 Å². The van der Waals surface area contributed by atoms with Crippen molar-refractivity contribution in [2.75, 3.05) is 10.6 Å². The van der Waals surface area contributed by atoms with Gasteiger partial charge in [-0.1, -0.05) is 0 Å². The number of aromatic nitrogens is 1. The highest BCUT2D eigenvalue weighted by Crippen LogP contribution is 2.55. The number of hydrogen-bond acceptors (Lipinski definition) is 4. The molecule has 0 amide bonds. The Kier molecular flexibility index (Phi) is 3.40. The molecule has 2 fully saturated rings. The first-order valence-electron chi connectivity index (χ1n) is 8.03. The van der Waals surface area contributed by atoms with Gasteiger partial charge in [0.15, 0.2) is 0 Å². The number of rotatable bonds is 3. The number of pyridine rings is 1. The van der Waals surface area contributed by atoms with Crippen LogP contribution in [-0.2, 0) is 0 Å². The SMILES string of the molecule is Cc1nc(NC(C)(C)C)ccc1NC1CC2(CC(N)C2)C1. The molecular formula is C17H28N4. The summed E-state index contributed by atoms with van der Waals surface area (Å²) in [7, 11) is 0. The third-order valence-electron chi connectivity index (χ3n) is 4.70. The van der Waals surface area contributed by atoms with Crippen LogP contribution in [0.2, 0.25) is 0 Å². The van der Waals surface area contributed by atoms with Gasteiger partial charge in [-0.3, -0.25) is 0 Å². The minimum atomic E-state index is 0.0394. The smallest absolute Gasteiger partial charge is 0.126 e. The number of nitrogens with one attached hydrogen (secondary N) is 2. The molecule has 2 aliphatic carbocycles. The van der Waals surface area contributed by atoms with Crippen molar-refractivity contribution in [1.29, 1.82) is 0 Å². The van der Waals surface area contributed by atoms with E-state index in [0.717, 1.165) is 17.2 Å². The van der Waals surface area contributed by atoms with Crippen molar-refractivity contribution in [2.45, 2.75) is 71.0 Å². The van der Waals surface area contributed by atoms with Crippen molar-refractivity contribution in [3.63, 3.8) is 0 Å². The Balaban J connectivity index is 1.57. The Morgan fingerprint density at radius 1 is 1.19 bits per heavy atom. The van der Waals surface area contributed by atoms with Crippen LogP contribution in [-0.4, -0.2) is 22.6 Å². The van der Waals surface area contributed by atoms with Crippen molar-refractivity contribution in [3.05, 3.63) is 17.8 Å². The van der Waals surface area contributed by atoms with Gasteiger partial charge in [-0.25, -0.2) is 4.98 Å². The molecule has 1 spiro atoms. The zero-order valence-electron chi connectivity index (χ0n) is 13.7. The van der Waals surface area contributed by atoms with E-state index < -0.39 is 0 Å². The fraction of sp³-hybridized carbons (Fsp3) is 0.706. The summed E-state index contributed by atoms with van der Waals surface area (Å²) >= 11 is 0. The van der Waals surface area contributed by atoms with Gasteiger partial charge in [0.05, 0.1) is 11.4 Å². The minimum Gasteiger partial charge on any atom is -0.381 e. The molecule has 3 rings (SSSR count). The zero-order valence-corrected chi connectivity index (χ0v) is 13.7. The number of anilines is 2. The quantitative estimate of drug-likeness (QED) is 0.798. The second-order valence-electron chi connectivity index (χ2n) is 8.12. The monoisotopic (exact) mass is 288 g/mol. The van der Waals surface area contributed by atoms with E-state index >= 15 is 0 Å². The molecule has 4 nitrogen and oxygen atoms in total. The third-order valence-corrected chi connectivity index (χ3v) is 4.70. The van der Waals surface area contributed by atoms with Crippen molar-refractivity contribution in [2.24, 2.45) is 11.1 Å². The molecule has 1 aromatic rings. The summed E-state index contributed by atoms with van der Waals surface area (Å²) in [4.78, 5) is 4.66. The van der Waals surface area contributed by atoms with Gasteiger partial charge in [0.1, 0.15) is 5.82 Å². The summed E-state index contributed by atoms with van der Waals surface area (Å²) in [5, 5.41) is 7.06. The molecule has 116 valence electrons. The lowest BCUT2D eigenvalue weighted by Crippen LogP contribution is -2.57. The van der Waals surface area contributed by atoms with Crippen LogP contribution in [0.1, 0.15) is 52.1 Å². The fourth-order valence-electron chi connectivity index (χ4n) is 3.86. The molecule has 1 aromatic heterocycles. The van der Waals surface area contributed by atoms with E-state index in [0.29, 0.717) is 17.5 Å². The molecule has 0 bridgehead atoms. The Hall–Kier alpha value is -1.29. The predicted molar refractivity (Wildman–Crippen MR) is 88.6 cm³/mol. The van der Waals surface area contributed by atoms with Crippen LogP contribution >= 0.6 is 0 Å². The van der Waals surface area contributed by atoms with Crippen molar-refractivity contribution in [1.82, 2.24) is 4.98 Å². The van der Waals surface area contributed by atoms with Crippen LogP contribution < -0.4 is 16.4 Å². The van der Waals surface area contributed by atoms with Crippen molar-refractivity contribution in [3.8, 4) is 0 Å². The van der Waals surface area contributed by atoms with Crippen LogP contribution in [0.25, 0.3) is 0 Å². The third kappa shape index (κ3) is 3.15. The van der Waals surface area contributed by atoms with E-state index in [9.17, 15) is 0 Å². The van der Waals surface area contributed by atoms with Crippen molar-refractivity contribution < 1.29 is 0 Å². The van der Waals surface area contributed by atoms with Crippen LogP contribution in [0.3, 0.4) is 0 Å². The van der Waals surface area contributed by atoms with Crippen LogP contribution in [0, 0.1) is 12.3 Å². The van der Waals surface area contributed by atoms with Crippen LogP contribution in [0.4, 0.5) is 11.5 Å². The maximum atomic E-state index is 5.92. The van der Waals surface area contributed by atoms with E-state index in [1.807, 2.05) is 0 Å². The Morgan fingerprint density at radius 2 is 1.86 bits per heavy atom. The number of hydrogen-bond donors (Lipinski definition) is 3. The molecule has 0 aromatic carbocycles. The molecule has 21 heavy (non-hydrogen) atoms. The van der Waals surface area contributed by atoms with Crippen LogP contribution in [0.15, 0.2) is 12.1 Å². The number of nitrogens with zero attached hydrogens (tertiary/aromatic N) is 1. The summed E-state index contributed by atoms with van der Waals surface area (Å²) in [5.74, 6) is 0.945. The lowest BCUT2D eigenvalue weighted by Gasteiger charge is -2.57. The summed E-state index contributed by atoms with van der Waals surface area (Å²) in [6, 6.07) is 5.26. The summed E-state index contributed by atoms with van der Waals surface area (Å²) < 4.78 is 0. The molecule has 2 aliphatic rings. The molecule has 0 saturated heterocycles. The average Bonchev–Trinajstić information content (AvgIpc) is 2.25. The maximum absolute atomic E-state index is 5.92. The van der Waals surface area contributed by atoms with Gasteiger partial charge in [0.2, 0.25) is 0 Å². The Morgan fingerprint density at radius 3 is 2.38 bits per heavy atom. The van der Waals surface area contributed by atoms with Gasteiger partial charge in [-0.05, 0) is 70.9 Å². The highest BCUT2D eigenvalue weighted by molar-refractivity contribution is 5.54. The normalized spacial score (nSPS) is 31.5. The molecule has 0 atom stereocenters. The van der Waals surface area contributed by atoms with E-state index in [-0.39, 0.29) is 5.54 Å².